The first-order valence-corrected chi connectivity index (χ1v) is 8.36. The Labute approximate surface area is 138 Å². The maximum atomic E-state index is 5.55. The van der Waals surface area contributed by atoms with E-state index in [0.717, 1.165) is 29.7 Å². The summed E-state index contributed by atoms with van der Waals surface area (Å²) in [5.41, 5.74) is 5.42. The van der Waals surface area contributed by atoms with E-state index in [1.54, 1.807) is 0 Å². The Bertz CT molecular complexity index is 799. The van der Waals surface area contributed by atoms with Gasteiger partial charge in [-0.2, -0.15) is 8.75 Å². The summed E-state index contributed by atoms with van der Waals surface area (Å²) < 4.78 is 19.7. The van der Waals surface area contributed by atoms with E-state index in [0.29, 0.717) is 13.2 Å². The van der Waals surface area contributed by atoms with E-state index in [9.17, 15) is 0 Å². The molecule has 1 N–H and O–H groups in total. The normalized spacial score (nSPS) is 15.5. The van der Waals surface area contributed by atoms with Crippen molar-refractivity contribution in [3.8, 4) is 0 Å². The molecule has 2 aromatic carbocycles. The van der Waals surface area contributed by atoms with Crippen molar-refractivity contribution < 1.29 is 9.47 Å². The topological polar surface area (TPSA) is 56.3 Å². The molecule has 1 aliphatic heterocycles. The van der Waals surface area contributed by atoms with Gasteiger partial charge in [-0.15, -0.1) is 0 Å². The highest BCUT2D eigenvalue weighted by Gasteiger charge is 2.18. The molecule has 1 fully saturated rings. The second-order valence-electron chi connectivity index (χ2n) is 5.47. The number of hydrogen-bond acceptors (Lipinski definition) is 6. The van der Waals surface area contributed by atoms with Gasteiger partial charge in [0, 0.05) is 18.7 Å². The minimum Gasteiger partial charge on any atom is -0.346 e. The Balaban J connectivity index is 1.41. The number of ether oxygens (including phenoxy) is 2. The maximum absolute atomic E-state index is 5.55. The van der Waals surface area contributed by atoms with Crippen LogP contribution >= 0.6 is 11.7 Å². The van der Waals surface area contributed by atoms with Gasteiger partial charge in [0.2, 0.25) is 0 Å². The van der Waals surface area contributed by atoms with Crippen molar-refractivity contribution in [2.45, 2.75) is 19.4 Å². The number of aromatic nitrogens is 2. The molecular weight excluding hydrogens is 310 g/mol. The smallest absolute Gasteiger partial charge is 0.184 e. The summed E-state index contributed by atoms with van der Waals surface area (Å²) in [4.78, 5) is 0. The van der Waals surface area contributed by atoms with Crippen molar-refractivity contribution in [1.29, 1.82) is 0 Å². The fraction of sp³-hybridized carbons (Fsp3) is 0.294. The second kappa shape index (κ2) is 6.72. The molecule has 0 spiro atoms. The quantitative estimate of drug-likeness (QED) is 0.780. The fourth-order valence-corrected chi connectivity index (χ4v) is 3.32. The summed E-state index contributed by atoms with van der Waals surface area (Å²) in [5, 5.41) is 3.47. The lowest BCUT2D eigenvalue weighted by Gasteiger charge is -2.11. The predicted octanol–water partition coefficient (Wildman–Crippen LogP) is 3.03. The highest BCUT2D eigenvalue weighted by atomic mass is 32.1. The standard InChI is InChI=1S/C17H17N3O2S/c1-3-12(9-13(4-1)17-21-7-8-22-17)10-18-11-14-5-2-6-15-16(14)20-23-19-15/h1-6,9,17-18H,7-8,10-11H2. The number of nitrogens with zero attached hydrogens (tertiary/aromatic N) is 2. The van der Waals surface area contributed by atoms with E-state index in [-0.39, 0.29) is 6.29 Å². The molecule has 118 valence electrons. The lowest BCUT2D eigenvalue weighted by molar-refractivity contribution is -0.0441. The van der Waals surface area contributed by atoms with E-state index >= 15 is 0 Å². The van der Waals surface area contributed by atoms with Gasteiger partial charge in [0.15, 0.2) is 6.29 Å². The molecule has 0 atom stereocenters. The third-order valence-corrected chi connectivity index (χ3v) is 4.40. The monoisotopic (exact) mass is 327 g/mol. The van der Waals surface area contributed by atoms with Gasteiger partial charge in [-0.05, 0) is 23.3 Å². The third-order valence-electron chi connectivity index (χ3n) is 3.86. The Morgan fingerprint density at radius 3 is 2.83 bits per heavy atom. The first-order valence-electron chi connectivity index (χ1n) is 7.63. The van der Waals surface area contributed by atoms with Crippen LogP contribution in [0.3, 0.4) is 0 Å². The van der Waals surface area contributed by atoms with Gasteiger partial charge < -0.3 is 14.8 Å². The largest absolute Gasteiger partial charge is 0.346 e. The molecule has 5 nitrogen and oxygen atoms in total. The van der Waals surface area contributed by atoms with Gasteiger partial charge in [0.25, 0.3) is 0 Å². The van der Waals surface area contributed by atoms with Gasteiger partial charge >= 0.3 is 0 Å². The van der Waals surface area contributed by atoms with Crippen molar-refractivity contribution in [2.75, 3.05) is 13.2 Å². The van der Waals surface area contributed by atoms with Crippen molar-refractivity contribution in [3.63, 3.8) is 0 Å². The lowest BCUT2D eigenvalue weighted by Crippen LogP contribution is -2.13. The summed E-state index contributed by atoms with van der Waals surface area (Å²) in [6, 6.07) is 14.4. The third kappa shape index (κ3) is 3.25. The van der Waals surface area contributed by atoms with E-state index in [4.69, 9.17) is 9.47 Å². The SMILES string of the molecule is c1cc(CNCc2cccc3nsnc23)cc(C2OCCO2)c1. The summed E-state index contributed by atoms with van der Waals surface area (Å²) in [6.07, 6.45) is -0.218. The predicted molar refractivity (Wildman–Crippen MR) is 89.0 cm³/mol. The molecular formula is C17H17N3O2S. The van der Waals surface area contributed by atoms with Gasteiger partial charge in [-0.25, -0.2) is 0 Å². The average Bonchev–Trinajstić information content (AvgIpc) is 3.27. The van der Waals surface area contributed by atoms with Crippen molar-refractivity contribution in [2.24, 2.45) is 0 Å². The van der Waals surface area contributed by atoms with Crippen LogP contribution in [0.1, 0.15) is 23.0 Å². The number of benzene rings is 2. The highest BCUT2D eigenvalue weighted by Crippen LogP contribution is 2.23. The molecule has 1 saturated heterocycles. The number of hydrogen-bond donors (Lipinski definition) is 1. The van der Waals surface area contributed by atoms with Gasteiger partial charge in [-0.1, -0.05) is 30.3 Å². The molecule has 0 radical (unpaired) electrons. The molecule has 0 saturated carbocycles. The zero-order valence-electron chi connectivity index (χ0n) is 12.6. The minimum atomic E-state index is -0.218. The van der Waals surface area contributed by atoms with E-state index < -0.39 is 0 Å². The van der Waals surface area contributed by atoms with Gasteiger partial charge in [-0.3, -0.25) is 0 Å². The van der Waals surface area contributed by atoms with Crippen molar-refractivity contribution in [1.82, 2.24) is 14.1 Å². The molecule has 6 heteroatoms. The first-order chi connectivity index (χ1) is 11.4. The van der Waals surface area contributed by atoms with Crippen LogP contribution in [0.15, 0.2) is 42.5 Å². The van der Waals surface area contributed by atoms with Crippen LogP contribution < -0.4 is 5.32 Å². The van der Waals surface area contributed by atoms with Crippen LogP contribution in [-0.4, -0.2) is 22.0 Å². The van der Waals surface area contributed by atoms with Crippen LogP contribution in [0, 0.1) is 0 Å². The zero-order valence-corrected chi connectivity index (χ0v) is 13.4. The maximum Gasteiger partial charge on any atom is 0.184 e. The number of fused-ring (bicyclic) bond motifs is 1. The van der Waals surface area contributed by atoms with Gasteiger partial charge in [0.1, 0.15) is 11.0 Å². The van der Waals surface area contributed by atoms with E-state index in [2.05, 4.69) is 32.3 Å². The van der Waals surface area contributed by atoms with Crippen LogP contribution in [0.4, 0.5) is 0 Å². The van der Waals surface area contributed by atoms with Crippen molar-refractivity contribution in [3.05, 3.63) is 59.2 Å². The lowest BCUT2D eigenvalue weighted by atomic mass is 10.1. The molecule has 3 aromatic rings. The molecule has 0 aliphatic carbocycles. The minimum absolute atomic E-state index is 0.218. The Kier molecular flexibility index (Phi) is 4.30. The molecule has 2 heterocycles. The summed E-state index contributed by atoms with van der Waals surface area (Å²) >= 11 is 1.26. The molecule has 1 aromatic heterocycles. The average molecular weight is 327 g/mol. The van der Waals surface area contributed by atoms with Crippen LogP contribution in [0.25, 0.3) is 11.0 Å². The second-order valence-corrected chi connectivity index (χ2v) is 6.00. The highest BCUT2D eigenvalue weighted by molar-refractivity contribution is 7.00. The Morgan fingerprint density at radius 1 is 1.04 bits per heavy atom. The fourth-order valence-electron chi connectivity index (χ4n) is 2.75. The number of nitrogens with one attached hydrogen (secondary N) is 1. The van der Waals surface area contributed by atoms with E-state index in [1.807, 2.05) is 24.3 Å². The van der Waals surface area contributed by atoms with Crippen molar-refractivity contribution >= 4 is 22.8 Å². The van der Waals surface area contributed by atoms with Crippen LogP contribution in [0.2, 0.25) is 0 Å². The van der Waals surface area contributed by atoms with Crippen LogP contribution in [-0.2, 0) is 22.6 Å². The Hall–Kier alpha value is -1.86. The van der Waals surface area contributed by atoms with Crippen LogP contribution in [0.5, 0.6) is 0 Å². The molecule has 0 unspecified atom stereocenters. The molecule has 1 aliphatic rings. The molecule has 0 amide bonds. The molecule has 4 rings (SSSR count). The van der Waals surface area contributed by atoms with Gasteiger partial charge in [0.05, 0.1) is 24.9 Å². The summed E-state index contributed by atoms with van der Waals surface area (Å²) in [6.45, 7) is 2.88. The zero-order chi connectivity index (χ0) is 15.5. The Morgan fingerprint density at radius 2 is 1.91 bits per heavy atom. The summed E-state index contributed by atoms with van der Waals surface area (Å²) in [5.74, 6) is 0. The molecule has 0 bridgehead atoms. The summed E-state index contributed by atoms with van der Waals surface area (Å²) in [7, 11) is 0. The van der Waals surface area contributed by atoms with E-state index in [1.165, 1.54) is 22.9 Å². The molecule has 23 heavy (non-hydrogen) atoms. The number of rotatable bonds is 5. The first kappa shape index (κ1) is 14.7.